The molecule has 2 rings (SSSR count). The normalized spacial score (nSPS) is 22.4. The topological polar surface area (TPSA) is 50.1 Å². The van der Waals surface area contributed by atoms with Crippen LogP contribution in [0.2, 0.25) is 0 Å². The van der Waals surface area contributed by atoms with Crippen molar-refractivity contribution in [3.05, 3.63) is 17.0 Å². The highest BCUT2D eigenvalue weighted by Gasteiger charge is 2.23. The fourth-order valence-corrected chi connectivity index (χ4v) is 1.69. The molecule has 0 fully saturated rings. The molecule has 0 aliphatic carbocycles. The standard InChI is InChI=1S/C8H13N3O/c1-5-8-6(10-11(5)2)3-9-4-7(8)12/h7,9,12H,3-4H2,1-2H3. The third-order valence-corrected chi connectivity index (χ3v) is 2.42. The zero-order valence-electron chi connectivity index (χ0n) is 7.33. The quantitative estimate of drug-likeness (QED) is 0.565. The van der Waals surface area contributed by atoms with E-state index in [1.807, 2.05) is 18.7 Å². The minimum Gasteiger partial charge on any atom is -0.387 e. The minimum absolute atomic E-state index is 0.387. The minimum atomic E-state index is -0.387. The molecule has 1 aliphatic rings. The van der Waals surface area contributed by atoms with Gasteiger partial charge in [-0.05, 0) is 6.92 Å². The Labute approximate surface area is 71.2 Å². The molecule has 2 heterocycles. The molecule has 66 valence electrons. The van der Waals surface area contributed by atoms with Crippen molar-refractivity contribution in [1.29, 1.82) is 0 Å². The fraction of sp³-hybridized carbons (Fsp3) is 0.625. The Kier molecular flexibility index (Phi) is 1.66. The van der Waals surface area contributed by atoms with Gasteiger partial charge >= 0.3 is 0 Å². The first-order valence-electron chi connectivity index (χ1n) is 4.11. The van der Waals surface area contributed by atoms with Crippen LogP contribution in [0.5, 0.6) is 0 Å². The van der Waals surface area contributed by atoms with Gasteiger partial charge in [-0.15, -0.1) is 0 Å². The van der Waals surface area contributed by atoms with Gasteiger partial charge in [-0.3, -0.25) is 4.68 Å². The molecule has 0 bridgehead atoms. The van der Waals surface area contributed by atoms with Gasteiger partial charge in [0.15, 0.2) is 0 Å². The molecular formula is C8H13N3O. The number of hydrogen-bond donors (Lipinski definition) is 2. The molecule has 4 nitrogen and oxygen atoms in total. The third-order valence-electron chi connectivity index (χ3n) is 2.42. The molecular weight excluding hydrogens is 154 g/mol. The van der Waals surface area contributed by atoms with Crippen LogP contribution in [-0.2, 0) is 13.6 Å². The second-order valence-corrected chi connectivity index (χ2v) is 3.22. The summed E-state index contributed by atoms with van der Waals surface area (Å²) in [5.74, 6) is 0. The highest BCUT2D eigenvalue weighted by Crippen LogP contribution is 2.23. The van der Waals surface area contributed by atoms with Gasteiger partial charge in [0.2, 0.25) is 0 Å². The fourth-order valence-electron chi connectivity index (χ4n) is 1.69. The molecule has 0 saturated heterocycles. The van der Waals surface area contributed by atoms with E-state index in [4.69, 9.17) is 0 Å². The van der Waals surface area contributed by atoms with Gasteiger partial charge in [-0.1, -0.05) is 0 Å². The first-order valence-corrected chi connectivity index (χ1v) is 4.11. The number of aryl methyl sites for hydroxylation is 1. The summed E-state index contributed by atoms with van der Waals surface area (Å²) in [5.41, 5.74) is 3.06. The monoisotopic (exact) mass is 167 g/mol. The second kappa shape index (κ2) is 2.57. The number of fused-ring (bicyclic) bond motifs is 1. The van der Waals surface area contributed by atoms with E-state index in [0.29, 0.717) is 6.54 Å². The number of rotatable bonds is 0. The number of aliphatic hydroxyl groups excluding tert-OH is 1. The van der Waals surface area contributed by atoms with Gasteiger partial charge in [0.25, 0.3) is 0 Å². The zero-order chi connectivity index (χ0) is 8.72. The molecule has 2 N–H and O–H groups in total. The van der Waals surface area contributed by atoms with E-state index >= 15 is 0 Å². The molecule has 0 spiro atoms. The lowest BCUT2D eigenvalue weighted by Gasteiger charge is -2.18. The van der Waals surface area contributed by atoms with Crippen LogP contribution in [-0.4, -0.2) is 21.4 Å². The summed E-state index contributed by atoms with van der Waals surface area (Å²) in [7, 11) is 1.90. The molecule has 1 aromatic heterocycles. The van der Waals surface area contributed by atoms with Crippen molar-refractivity contribution in [2.45, 2.75) is 19.6 Å². The van der Waals surface area contributed by atoms with Crippen LogP contribution < -0.4 is 5.32 Å². The maximum Gasteiger partial charge on any atom is 0.0950 e. The van der Waals surface area contributed by atoms with Crippen molar-refractivity contribution in [3.8, 4) is 0 Å². The molecule has 12 heavy (non-hydrogen) atoms. The van der Waals surface area contributed by atoms with Crippen LogP contribution >= 0.6 is 0 Å². The maximum atomic E-state index is 9.64. The van der Waals surface area contributed by atoms with Crippen LogP contribution in [0.15, 0.2) is 0 Å². The SMILES string of the molecule is Cc1c2c(nn1C)CNCC2O. The van der Waals surface area contributed by atoms with Gasteiger partial charge in [0, 0.05) is 31.4 Å². The van der Waals surface area contributed by atoms with Crippen LogP contribution in [0.3, 0.4) is 0 Å². The van der Waals surface area contributed by atoms with Crippen molar-refractivity contribution in [2.75, 3.05) is 6.54 Å². The van der Waals surface area contributed by atoms with Crippen LogP contribution in [0.25, 0.3) is 0 Å². The Morgan fingerprint density at radius 3 is 3.08 bits per heavy atom. The third kappa shape index (κ3) is 0.956. The molecule has 0 saturated carbocycles. The summed E-state index contributed by atoms with van der Waals surface area (Å²) in [6, 6.07) is 0. The predicted molar refractivity (Wildman–Crippen MR) is 44.6 cm³/mol. The Bertz CT molecular complexity index is 305. The van der Waals surface area contributed by atoms with Crippen LogP contribution in [0, 0.1) is 6.92 Å². The Hall–Kier alpha value is -0.870. The second-order valence-electron chi connectivity index (χ2n) is 3.22. The van der Waals surface area contributed by atoms with Crippen molar-refractivity contribution < 1.29 is 5.11 Å². The van der Waals surface area contributed by atoms with Gasteiger partial charge < -0.3 is 10.4 Å². The first kappa shape index (κ1) is 7.76. The van der Waals surface area contributed by atoms with Crippen molar-refractivity contribution >= 4 is 0 Å². The number of nitrogens with zero attached hydrogens (tertiary/aromatic N) is 2. The van der Waals surface area contributed by atoms with Gasteiger partial charge in [0.05, 0.1) is 11.8 Å². The lowest BCUT2D eigenvalue weighted by Crippen LogP contribution is -2.27. The van der Waals surface area contributed by atoms with Crippen molar-refractivity contribution in [2.24, 2.45) is 7.05 Å². The van der Waals surface area contributed by atoms with E-state index in [1.165, 1.54) is 0 Å². The molecule has 1 aromatic rings. The summed E-state index contributed by atoms with van der Waals surface area (Å²) in [4.78, 5) is 0. The molecule has 0 aromatic carbocycles. The average molecular weight is 167 g/mol. The van der Waals surface area contributed by atoms with Crippen LogP contribution in [0.4, 0.5) is 0 Å². The molecule has 0 amide bonds. The van der Waals surface area contributed by atoms with Crippen molar-refractivity contribution in [1.82, 2.24) is 15.1 Å². The number of β-amino-alcohol motifs (C(OH)–C–C–N with tert-alkyl or cyclic N) is 1. The number of aliphatic hydroxyl groups is 1. The molecule has 4 heteroatoms. The lowest BCUT2D eigenvalue weighted by atomic mass is 10.0. The Balaban J connectivity index is 2.54. The lowest BCUT2D eigenvalue weighted by molar-refractivity contribution is 0.164. The van der Waals surface area contributed by atoms with Gasteiger partial charge in [0.1, 0.15) is 0 Å². The smallest absolute Gasteiger partial charge is 0.0950 e. The Morgan fingerprint density at radius 1 is 1.67 bits per heavy atom. The highest BCUT2D eigenvalue weighted by atomic mass is 16.3. The average Bonchev–Trinajstić information content (AvgIpc) is 2.29. The van der Waals surface area contributed by atoms with E-state index in [-0.39, 0.29) is 6.10 Å². The van der Waals surface area contributed by atoms with E-state index in [2.05, 4.69) is 10.4 Å². The van der Waals surface area contributed by atoms with Gasteiger partial charge in [-0.2, -0.15) is 5.10 Å². The van der Waals surface area contributed by atoms with E-state index < -0.39 is 0 Å². The Morgan fingerprint density at radius 2 is 2.42 bits per heavy atom. The number of aromatic nitrogens is 2. The zero-order valence-corrected chi connectivity index (χ0v) is 7.33. The van der Waals surface area contributed by atoms with Crippen molar-refractivity contribution in [3.63, 3.8) is 0 Å². The molecule has 1 unspecified atom stereocenters. The summed E-state index contributed by atoms with van der Waals surface area (Å²) in [5, 5.41) is 17.0. The highest BCUT2D eigenvalue weighted by molar-refractivity contribution is 5.29. The summed E-state index contributed by atoms with van der Waals surface area (Å²) in [6.07, 6.45) is -0.387. The van der Waals surface area contributed by atoms with Gasteiger partial charge in [-0.25, -0.2) is 0 Å². The largest absolute Gasteiger partial charge is 0.387 e. The molecule has 1 aliphatic heterocycles. The summed E-state index contributed by atoms with van der Waals surface area (Å²) >= 11 is 0. The predicted octanol–water partition coefficient (Wildman–Crippen LogP) is -0.135. The van der Waals surface area contributed by atoms with Crippen LogP contribution in [0.1, 0.15) is 23.1 Å². The first-order chi connectivity index (χ1) is 5.70. The molecule has 0 radical (unpaired) electrons. The molecule has 1 atom stereocenters. The van der Waals surface area contributed by atoms with E-state index in [0.717, 1.165) is 23.5 Å². The number of nitrogens with one attached hydrogen (secondary N) is 1. The van der Waals surface area contributed by atoms with E-state index in [9.17, 15) is 5.11 Å². The number of hydrogen-bond acceptors (Lipinski definition) is 3. The summed E-state index contributed by atoms with van der Waals surface area (Å²) in [6.45, 7) is 3.40. The van der Waals surface area contributed by atoms with E-state index in [1.54, 1.807) is 0 Å². The summed E-state index contributed by atoms with van der Waals surface area (Å²) < 4.78 is 1.82. The maximum absolute atomic E-state index is 9.64.